The molecule has 14 heavy (non-hydrogen) atoms. The quantitative estimate of drug-likeness (QED) is 0.698. The van der Waals surface area contributed by atoms with Gasteiger partial charge in [-0.25, -0.2) is 0 Å². The van der Waals surface area contributed by atoms with Gasteiger partial charge in [0.05, 0.1) is 0 Å². The van der Waals surface area contributed by atoms with Crippen LogP contribution < -0.4 is 5.73 Å². The van der Waals surface area contributed by atoms with E-state index in [1.165, 1.54) is 0 Å². The predicted octanol–water partition coefficient (Wildman–Crippen LogP) is -0.438. The van der Waals surface area contributed by atoms with Gasteiger partial charge >= 0.3 is 0 Å². The third kappa shape index (κ3) is 3.06. The van der Waals surface area contributed by atoms with Crippen molar-refractivity contribution in [2.75, 3.05) is 31.1 Å². The van der Waals surface area contributed by atoms with Crippen LogP contribution >= 0.6 is 0 Å². The van der Waals surface area contributed by atoms with E-state index in [0.717, 1.165) is 6.42 Å². The van der Waals surface area contributed by atoms with Gasteiger partial charge in [0.1, 0.15) is 0 Å². The molecule has 1 aliphatic heterocycles. The van der Waals surface area contributed by atoms with Crippen molar-refractivity contribution in [3.63, 3.8) is 0 Å². The van der Waals surface area contributed by atoms with E-state index in [2.05, 4.69) is 0 Å². The van der Waals surface area contributed by atoms with Crippen LogP contribution in [0.15, 0.2) is 0 Å². The monoisotopic (exact) mass is 218 g/mol. The van der Waals surface area contributed by atoms with Gasteiger partial charge in [0.2, 0.25) is 5.91 Å². The third-order valence-corrected chi connectivity index (χ3v) is 3.79. The smallest absolute Gasteiger partial charge is 0.225 e. The van der Waals surface area contributed by atoms with Gasteiger partial charge in [0, 0.05) is 41.3 Å². The van der Waals surface area contributed by atoms with E-state index < -0.39 is 10.8 Å². The van der Waals surface area contributed by atoms with Gasteiger partial charge in [-0.15, -0.1) is 0 Å². The van der Waals surface area contributed by atoms with Crippen LogP contribution in [0.4, 0.5) is 0 Å². The first kappa shape index (κ1) is 11.7. The molecular formula is C9H18N2O2S. The zero-order valence-corrected chi connectivity index (χ0v) is 9.39. The van der Waals surface area contributed by atoms with Crippen molar-refractivity contribution >= 4 is 16.7 Å². The maximum absolute atomic E-state index is 11.8. The van der Waals surface area contributed by atoms with Crippen LogP contribution in [0.25, 0.3) is 0 Å². The van der Waals surface area contributed by atoms with Crippen molar-refractivity contribution in [3.8, 4) is 0 Å². The highest BCUT2D eigenvalue weighted by Crippen LogP contribution is 2.09. The van der Waals surface area contributed by atoms with Crippen molar-refractivity contribution in [2.24, 2.45) is 11.7 Å². The van der Waals surface area contributed by atoms with E-state index in [1.54, 1.807) is 0 Å². The van der Waals surface area contributed by atoms with Gasteiger partial charge < -0.3 is 10.6 Å². The summed E-state index contributed by atoms with van der Waals surface area (Å²) in [6.07, 6.45) is 0.735. The Morgan fingerprint density at radius 3 is 2.57 bits per heavy atom. The van der Waals surface area contributed by atoms with Crippen LogP contribution in [0.1, 0.15) is 13.3 Å². The van der Waals surface area contributed by atoms with Crippen LogP contribution in [0.5, 0.6) is 0 Å². The van der Waals surface area contributed by atoms with Crippen LogP contribution in [-0.2, 0) is 15.6 Å². The lowest BCUT2D eigenvalue weighted by atomic mass is 10.1. The standard InChI is InChI=1S/C9H18N2O2S/c1-8(2-3-10)9(12)11-4-6-14(13)7-5-11/h8H,2-7,10H2,1H3. The summed E-state index contributed by atoms with van der Waals surface area (Å²) in [6.45, 7) is 3.73. The Hall–Kier alpha value is -0.420. The molecule has 4 nitrogen and oxygen atoms in total. The molecule has 1 rings (SSSR count). The van der Waals surface area contributed by atoms with Gasteiger partial charge in [-0.2, -0.15) is 0 Å². The number of carbonyl (C=O) groups is 1. The summed E-state index contributed by atoms with van der Waals surface area (Å²) in [4.78, 5) is 13.6. The molecule has 0 radical (unpaired) electrons. The highest BCUT2D eigenvalue weighted by molar-refractivity contribution is 7.85. The number of carbonyl (C=O) groups excluding carboxylic acids is 1. The molecule has 2 N–H and O–H groups in total. The molecule has 1 amide bonds. The SMILES string of the molecule is CC(CCN)C(=O)N1CCS(=O)CC1. The van der Waals surface area contributed by atoms with Crippen LogP contribution in [0.3, 0.4) is 0 Å². The summed E-state index contributed by atoms with van der Waals surface area (Å²) in [7, 11) is -0.713. The maximum atomic E-state index is 11.8. The van der Waals surface area contributed by atoms with Crippen molar-refractivity contribution in [1.29, 1.82) is 0 Å². The molecular weight excluding hydrogens is 200 g/mol. The number of nitrogens with two attached hydrogens (primary N) is 1. The van der Waals surface area contributed by atoms with E-state index in [0.29, 0.717) is 31.1 Å². The molecule has 1 atom stereocenters. The number of hydrogen-bond acceptors (Lipinski definition) is 3. The largest absolute Gasteiger partial charge is 0.341 e. The normalized spacial score (nSPS) is 20.9. The summed E-state index contributed by atoms with van der Waals surface area (Å²) in [5.74, 6) is 1.42. The molecule has 0 aromatic carbocycles. The topological polar surface area (TPSA) is 63.4 Å². The highest BCUT2D eigenvalue weighted by atomic mass is 32.2. The lowest BCUT2D eigenvalue weighted by Gasteiger charge is -2.28. The Morgan fingerprint density at radius 1 is 1.50 bits per heavy atom. The third-order valence-electron chi connectivity index (χ3n) is 2.51. The predicted molar refractivity (Wildman–Crippen MR) is 57.3 cm³/mol. The van der Waals surface area contributed by atoms with E-state index in [1.807, 2.05) is 11.8 Å². The number of hydrogen-bond donors (Lipinski definition) is 1. The average molecular weight is 218 g/mol. The summed E-state index contributed by atoms with van der Waals surface area (Å²) in [5.41, 5.74) is 5.40. The minimum absolute atomic E-state index is 0.00605. The molecule has 0 bridgehead atoms. The van der Waals surface area contributed by atoms with Gasteiger partial charge in [-0.3, -0.25) is 9.00 Å². The fraction of sp³-hybridized carbons (Fsp3) is 0.889. The van der Waals surface area contributed by atoms with Gasteiger partial charge in [0.15, 0.2) is 0 Å². The Labute approximate surface area is 87.3 Å². The summed E-state index contributed by atoms with van der Waals surface area (Å²) >= 11 is 0. The van der Waals surface area contributed by atoms with Crippen molar-refractivity contribution in [3.05, 3.63) is 0 Å². The molecule has 0 aromatic heterocycles. The minimum atomic E-state index is -0.713. The molecule has 1 aliphatic rings. The van der Waals surface area contributed by atoms with Crippen LogP contribution in [0, 0.1) is 5.92 Å². The molecule has 5 heteroatoms. The first-order valence-corrected chi connectivity index (χ1v) is 6.47. The van der Waals surface area contributed by atoms with E-state index >= 15 is 0 Å². The van der Waals surface area contributed by atoms with Crippen molar-refractivity contribution < 1.29 is 9.00 Å². The zero-order chi connectivity index (χ0) is 10.6. The Bertz CT molecular complexity index is 223. The second kappa shape index (κ2) is 5.46. The second-order valence-corrected chi connectivity index (χ2v) is 5.35. The zero-order valence-electron chi connectivity index (χ0n) is 8.57. The molecule has 0 aromatic rings. The van der Waals surface area contributed by atoms with Gasteiger partial charge in [-0.05, 0) is 13.0 Å². The first-order valence-electron chi connectivity index (χ1n) is 4.99. The molecule has 82 valence electrons. The molecule has 0 aliphatic carbocycles. The second-order valence-electron chi connectivity index (χ2n) is 3.65. The molecule has 1 heterocycles. The van der Waals surface area contributed by atoms with E-state index in [-0.39, 0.29) is 11.8 Å². The lowest BCUT2D eigenvalue weighted by molar-refractivity contribution is -0.134. The Balaban J connectivity index is 2.41. The lowest BCUT2D eigenvalue weighted by Crippen LogP contribution is -2.44. The van der Waals surface area contributed by atoms with E-state index in [4.69, 9.17) is 5.73 Å². The van der Waals surface area contributed by atoms with E-state index in [9.17, 15) is 9.00 Å². The van der Waals surface area contributed by atoms with Crippen LogP contribution in [0.2, 0.25) is 0 Å². The van der Waals surface area contributed by atoms with Gasteiger partial charge in [0.25, 0.3) is 0 Å². The fourth-order valence-corrected chi connectivity index (χ4v) is 2.60. The molecule has 1 unspecified atom stereocenters. The molecule has 1 saturated heterocycles. The highest BCUT2D eigenvalue weighted by Gasteiger charge is 2.23. The van der Waals surface area contributed by atoms with Crippen molar-refractivity contribution in [1.82, 2.24) is 4.90 Å². The summed E-state index contributed by atoms with van der Waals surface area (Å²) in [5, 5.41) is 0. The number of rotatable bonds is 3. The Kier molecular flexibility index (Phi) is 4.54. The maximum Gasteiger partial charge on any atom is 0.225 e. The van der Waals surface area contributed by atoms with Crippen LogP contribution in [-0.4, -0.2) is 46.2 Å². The molecule has 1 fully saturated rings. The molecule has 0 saturated carbocycles. The first-order chi connectivity index (χ1) is 6.65. The van der Waals surface area contributed by atoms with Gasteiger partial charge in [-0.1, -0.05) is 6.92 Å². The molecule has 0 spiro atoms. The number of amides is 1. The minimum Gasteiger partial charge on any atom is -0.341 e. The summed E-state index contributed by atoms with van der Waals surface area (Å²) in [6, 6.07) is 0. The van der Waals surface area contributed by atoms with Crippen molar-refractivity contribution in [2.45, 2.75) is 13.3 Å². The Morgan fingerprint density at radius 2 is 2.07 bits per heavy atom. The summed E-state index contributed by atoms with van der Waals surface area (Å²) < 4.78 is 11.1. The average Bonchev–Trinajstić information content (AvgIpc) is 2.18. The number of nitrogens with zero attached hydrogens (tertiary/aromatic N) is 1. The fourth-order valence-electron chi connectivity index (χ4n) is 1.54.